The molecular weight excluding hydrogens is 278 g/mol. The summed E-state index contributed by atoms with van der Waals surface area (Å²) in [5.74, 6) is 0.557. The SMILES string of the molecule is O=C(N[C@@]1(C(=O)O)CCSC1)[C@@H]1Cc2ccccc2O1. The number of carboxylic acids is 1. The van der Waals surface area contributed by atoms with Crippen molar-refractivity contribution in [1.29, 1.82) is 0 Å². The molecule has 6 heteroatoms. The van der Waals surface area contributed by atoms with Crippen molar-refractivity contribution in [1.82, 2.24) is 5.32 Å². The van der Waals surface area contributed by atoms with Gasteiger partial charge in [0.2, 0.25) is 0 Å². The van der Waals surface area contributed by atoms with Gasteiger partial charge in [-0.05, 0) is 23.8 Å². The van der Waals surface area contributed by atoms with E-state index in [1.807, 2.05) is 24.3 Å². The molecule has 106 valence electrons. The molecule has 2 heterocycles. The van der Waals surface area contributed by atoms with E-state index in [1.165, 1.54) is 0 Å². The molecule has 1 aromatic carbocycles. The number of carbonyl (C=O) groups excluding carboxylic acids is 1. The normalized spacial score (nSPS) is 27.7. The van der Waals surface area contributed by atoms with Gasteiger partial charge in [0.05, 0.1) is 0 Å². The largest absolute Gasteiger partial charge is 0.480 e. The summed E-state index contributed by atoms with van der Waals surface area (Å²) >= 11 is 1.54. The number of para-hydroxylation sites is 1. The minimum absolute atomic E-state index is 0.342. The fraction of sp³-hybridized carbons (Fsp3) is 0.429. The van der Waals surface area contributed by atoms with Crippen LogP contribution in [0.4, 0.5) is 0 Å². The Morgan fingerprint density at radius 1 is 1.40 bits per heavy atom. The number of carbonyl (C=O) groups is 2. The van der Waals surface area contributed by atoms with Crippen LogP contribution < -0.4 is 10.1 Å². The number of ether oxygens (including phenoxy) is 1. The first-order valence-corrected chi connectivity index (χ1v) is 7.64. The van der Waals surface area contributed by atoms with E-state index in [2.05, 4.69) is 5.32 Å². The molecule has 1 saturated heterocycles. The van der Waals surface area contributed by atoms with Gasteiger partial charge in [0, 0.05) is 12.2 Å². The molecule has 2 N–H and O–H groups in total. The van der Waals surface area contributed by atoms with Crippen LogP contribution >= 0.6 is 11.8 Å². The topological polar surface area (TPSA) is 75.6 Å². The number of fused-ring (bicyclic) bond motifs is 1. The quantitative estimate of drug-likeness (QED) is 0.872. The molecular formula is C14H15NO4S. The summed E-state index contributed by atoms with van der Waals surface area (Å²) in [5.41, 5.74) is -0.155. The zero-order valence-electron chi connectivity index (χ0n) is 10.8. The molecule has 5 nitrogen and oxygen atoms in total. The molecule has 0 radical (unpaired) electrons. The van der Waals surface area contributed by atoms with Crippen LogP contribution in [0.25, 0.3) is 0 Å². The van der Waals surface area contributed by atoms with Gasteiger partial charge >= 0.3 is 5.97 Å². The highest BCUT2D eigenvalue weighted by Crippen LogP contribution is 2.31. The van der Waals surface area contributed by atoms with Gasteiger partial charge in [0.25, 0.3) is 5.91 Å². The molecule has 2 atom stereocenters. The fourth-order valence-electron chi connectivity index (χ4n) is 2.53. The number of carboxylic acid groups (broad SMARTS) is 1. The molecule has 0 unspecified atom stereocenters. The Morgan fingerprint density at radius 2 is 2.20 bits per heavy atom. The second-order valence-corrected chi connectivity index (χ2v) is 6.20. The third-order valence-corrected chi connectivity index (χ3v) is 4.92. The van der Waals surface area contributed by atoms with E-state index in [0.717, 1.165) is 11.3 Å². The van der Waals surface area contributed by atoms with Crippen LogP contribution in [0.15, 0.2) is 24.3 Å². The molecule has 1 fully saturated rings. The summed E-state index contributed by atoms with van der Waals surface area (Å²) in [5, 5.41) is 12.0. The first kappa shape index (κ1) is 13.3. The van der Waals surface area contributed by atoms with Crippen molar-refractivity contribution in [2.24, 2.45) is 0 Å². The minimum atomic E-state index is -1.14. The smallest absolute Gasteiger partial charge is 0.330 e. The summed E-state index contributed by atoms with van der Waals surface area (Å²) in [4.78, 5) is 23.7. The van der Waals surface area contributed by atoms with Crippen molar-refractivity contribution in [3.05, 3.63) is 29.8 Å². The molecule has 1 amide bonds. The number of hydrogen-bond donors (Lipinski definition) is 2. The number of aliphatic carboxylic acids is 1. The third kappa shape index (κ3) is 2.24. The van der Waals surface area contributed by atoms with Crippen molar-refractivity contribution in [2.45, 2.75) is 24.5 Å². The second-order valence-electron chi connectivity index (χ2n) is 5.10. The van der Waals surface area contributed by atoms with Gasteiger partial charge < -0.3 is 15.2 Å². The standard InChI is InChI=1S/C14H15NO4S/c16-12(15-14(13(17)18)5-6-20-8-14)11-7-9-3-1-2-4-10(9)19-11/h1-4,11H,5-8H2,(H,15,16)(H,17,18)/t11-,14-/m0/s1. The van der Waals surface area contributed by atoms with E-state index >= 15 is 0 Å². The summed E-state index contributed by atoms with van der Waals surface area (Å²) in [6.45, 7) is 0. The van der Waals surface area contributed by atoms with Crippen LogP contribution in [0.1, 0.15) is 12.0 Å². The monoisotopic (exact) mass is 293 g/mol. The minimum Gasteiger partial charge on any atom is -0.480 e. The molecule has 1 aromatic rings. The van der Waals surface area contributed by atoms with Gasteiger partial charge in [-0.2, -0.15) is 11.8 Å². The van der Waals surface area contributed by atoms with Gasteiger partial charge in [-0.3, -0.25) is 4.79 Å². The van der Waals surface area contributed by atoms with E-state index in [-0.39, 0.29) is 5.91 Å². The average Bonchev–Trinajstić information content (AvgIpc) is 3.05. The molecule has 2 aliphatic heterocycles. The molecule has 0 bridgehead atoms. The zero-order chi connectivity index (χ0) is 14.2. The van der Waals surface area contributed by atoms with Crippen molar-refractivity contribution in [2.75, 3.05) is 11.5 Å². The lowest BCUT2D eigenvalue weighted by molar-refractivity contribution is -0.147. The number of thioether (sulfide) groups is 1. The molecule has 0 aromatic heterocycles. The fourth-order valence-corrected chi connectivity index (χ4v) is 3.86. The Morgan fingerprint density at radius 3 is 2.85 bits per heavy atom. The van der Waals surface area contributed by atoms with Crippen molar-refractivity contribution < 1.29 is 19.4 Å². The molecule has 20 heavy (non-hydrogen) atoms. The predicted octanol–water partition coefficient (Wildman–Crippen LogP) is 1.07. The Balaban J connectivity index is 1.71. The van der Waals surface area contributed by atoms with Gasteiger partial charge in [-0.1, -0.05) is 18.2 Å². The first-order chi connectivity index (χ1) is 9.61. The number of amides is 1. The van der Waals surface area contributed by atoms with Crippen molar-refractivity contribution in [3.63, 3.8) is 0 Å². The number of rotatable bonds is 3. The Labute approximate surface area is 120 Å². The Bertz CT molecular complexity index is 529. The Kier molecular flexibility index (Phi) is 3.33. The molecule has 2 aliphatic rings. The van der Waals surface area contributed by atoms with Crippen LogP contribution in [0.2, 0.25) is 0 Å². The summed E-state index contributed by atoms with van der Waals surface area (Å²) in [7, 11) is 0. The van der Waals surface area contributed by atoms with Gasteiger partial charge in [-0.25, -0.2) is 4.79 Å². The maximum atomic E-state index is 12.3. The lowest BCUT2D eigenvalue weighted by atomic mass is 9.98. The number of benzene rings is 1. The van der Waals surface area contributed by atoms with Gasteiger partial charge in [0.1, 0.15) is 11.3 Å². The van der Waals surface area contributed by atoms with Crippen molar-refractivity contribution >= 4 is 23.6 Å². The average molecular weight is 293 g/mol. The Hall–Kier alpha value is -1.69. The van der Waals surface area contributed by atoms with E-state index in [9.17, 15) is 14.7 Å². The van der Waals surface area contributed by atoms with E-state index < -0.39 is 17.6 Å². The third-order valence-electron chi connectivity index (χ3n) is 3.73. The van der Waals surface area contributed by atoms with Crippen LogP contribution in [0.3, 0.4) is 0 Å². The summed E-state index contributed by atoms with van der Waals surface area (Å²) in [6.07, 6.45) is 0.317. The highest BCUT2D eigenvalue weighted by molar-refractivity contribution is 7.99. The molecule has 3 rings (SSSR count). The lowest BCUT2D eigenvalue weighted by Crippen LogP contribution is -2.57. The van der Waals surface area contributed by atoms with Crippen LogP contribution in [0, 0.1) is 0 Å². The predicted molar refractivity (Wildman–Crippen MR) is 75.0 cm³/mol. The van der Waals surface area contributed by atoms with Crippen molar-refractivity contribution in [3.8, 4) is 5.75 Å². The van der Waals surface area contributed by atoms with Crippen LogP contribution in [-0.4, -0.2) is 40.1 Å². The van der Waals surface area contributed by atoms with E-state index in [0.29, 0.717) is 24.3 Å². The molecule has 0 aliphatic carbocycles. The van der Waals surface area contributed by atoms with Gasteiger partial charge in [0.15, 0.2) is 6.10 Å². The van der Waals surface area contributed by atoms with E-state index in [4.69, 9.17) is 4.74 Å². The number of nitrogens with one attached hydrogen (secondary N) is 1. The molecule has 0 spiro atoms. The van der Waals surface area contributed by atoms with Crippen LogP contribution in [-0.2, 0) is 16.0 Å². The summed E-state index contributed by atoms with van der Waals surface area (Å²) in [6, 6.07) is 7.49. The maximum absolute atomic E-state index is 12.3. The highest BCUT2D eigenvalue weighted by Gasteiger charge is 2.45. The first-order valence-electron chi connectivity index (χ1n) is 6.48. The summed E-state index contributed by atoms with van der Waals surface area (Å²) < 4.78 is 5.59. The maximum Gasteiger partial charge on any atom is 0.330 e. The highest BCUT2D eigenvalue weighted by atomic mass is 32.2. The number of hydrogen-bond acceptors (Lipinski definition) is 4. The second kappa shape index (κ2) is 5.01. The molecule has 0 saturated carbocycles. The van der Waals surface area contributed by atoms with Crippen LogP contribution in [0.5, 0.6) is 5.75 Å². The van der Waals surface area contributed by atoms with Gasteiger partial charge in [-0.15, -0.1) is 0 Å². The van der Waals surface area contributed by atoms with E-state index in [1.54, 1.807) is 11.8 Å². The lowest BCUT2D eigenvalue weighted by Gasteiger charge is -2.26. The zero-order valence-corrected chi connectivity index (χ0v) is 11.6.